The molecular formula is C10H15NO. The molecule has 0 saturated heterocycles. The zero-order chi connectivity index (χ0) is 9.40. The van der Waals surface area contributed by atoms with Crippen LogP contribution in [0.3, 0.4) is 0 Å². The normalized spacial score (nSPS) is 13.1. The lowest BCUT2D eigenvalue weighted by atomic mass is 10.3. The van der Waals surface area contributed by atoms with Crippen molar-refractivity contribution >= 4 is 12.0 Å². The molecule has 0 spiro atoms. The molecule has 0 N–H and O–H groups in total. The molecule has 0 aliphatic rings. The van der Waals surface area contributed by atoms with Gasteiger partial charge in [0, 0.05) is 6.21 Å². The lowest BCUT2D eigenvalue weighted by Gasteiger charge is -1.85. The largest absolute Gasteiger partial charge is 0.298 e. The van der Waals surface area contributed by atoms with E-state index in [-0.39, 0.29) is 12.3 Å². The van der Waals surface area contributed by atoms with Crippen LogP contribution in [0, 0.1) is 0 Å². The summed E-state index contributed by atoms with van der Waals surface area (Å²) in [6.45, 7) is 5.79. The smallest absolute Gasteiger partial charge is 0.151 e. The van der Waals surface area contributed by atoms with E-state index in [0.717, 1.165) is 0 Å². The van der Waals surface area contributed by atoms with Gasteiger partial charge in [0.1, 0.15) is 0 Å². The molecule has 0 saturated carbocycles. The summed E-state index contributed by atoms with van der Waals surface area (Å²) in [5.41, 5.74) is 1.18. The summed E-state index contributed by atoms with van der Waals surface area (Å²) in [7, 11) is 0. The van der Waals surface area contributed by atoms with Crippen molar-refractivity contribution in [1.29, 1.82) is 0 Å². The number of allylic oxidation sites excluding steroid dienone is 4. The van der Waals surface area contributed by atoms with Gasteiger partial charge in [-0.15, -0.1) is 0 Å². The number of carbonyl (C=O) groups excluding carboxylic acids is 1. The maximum absolute atomic E-state index is 10.4. The zero-order valence-corrected chi connectivity index (χ0v) is 7.87. The van der Waals surface area contributed by atoms with Gasteiger partial charge in [0.25, 0.3) is 0 Å². The molecule has 0 atom stereocenters. The first kappa shape index (κ1) is 10.8. The molecule has 0 bridgehead atoms. The van der Waals surface area contributed by atoms with E-state index < -0.39 is 0 Å². The topological polar surface area (TPSA) is 29.4 Å². The average molecular weight is 165 g/mol. The molecule has 0 aliphatic heterocycles. The molecule has 2 nitrogen and oxygen atoms in total. The van der Waals surface area contributed by atoms with E-state index in [1.807, 2.05) is 32.1 Å². The van der Waals surface area contributed by atoms with Crippen LogP contribution in [0.25, 0.3) is 0 Å². The Kier molecular flexibility index (Phi) is 5.88. The predicted molar refractivity (Wildman–Crippen MR) is 52.6 cm³/mol. The van der Waals surface area contributed by atoms with E-state index >= 15 is 0 Å². The first-order chi connectivity index (χ1) is 5.66. The van der Waals surface area contributed by atoms with E-state index in [9.17, 15) is 4.79 Å². The van der Waals surface area contributed by atoms with Crippen molar-refractivity contribution in [2.75, 3.05) is 6.54 Å². The first-order valence-corrected chi connectivity index (χ1v) is 3.95. The van der Waals surface area contributed by atoms with Crippen LogP contribution in [-0.4, -0.2) is 18.5 Å². The number of aliphatic imine (C=N–C) groups is 1. The summed E-state index contributed by atoms with van der Waals surface area (Å²) >= 11 is 0. The van der Waals surface area contributed by atoms with Crippen molar-refractivity contribution in [2.45, 2.75) is 20.8 Å². The number of hydrogen-bond donors (Lipinski definition) is 0. The van der Waals surface area contributed by atoms with Crippen molar-refractivity contribution in [3.05, 3.63) is 23.8 Å². The van der Waals surface area contributed by atoms with E-state index in [1.165, 1.54) is 12.5 Å². The second-order valence-corrected chi connectivity index (χ2v) is 2.58. The van der Waals surface area contributed by atoms with Gasteiger partial charge < -0.3 is 0 Å². The number of Topliss-reactive ketones (excluding diaryl/α,β-unsaturated/α-hetero) is 1. The van der Waals surface area contributed by atoms with Crippen LogP contribution in [0.4, 0.5) is 0 Å². The number of nitrogens with zero attached hydrogens (tertiary/aromatic N) is 1. The quantitative estimate of drug-likeness (QED) is 0.463. The third kappa shape index (κ3) is 6.93. The summed E-state index contributed by atoms with van der Waals surface area (Å²) in [4.78, 5) is 14.3. The molecule has 0 rings (SSSR count). The molecule has 0 unspecified atom stereocenters. The Bertz CT molecular complexity index is 224. The molecule has 0 radical (unpaired) electrons. The summed E-state index contributed by atoms with van der Waals surface area (Å²) in [6.07, 6.45) is 7.44. The van der Waals surface area contributed by atoms with Crippen LogP contribution in [0.1, 0.15) is 20.8 Å². The fourth-order valence-electron chi connectivity index (χ4n) is 0.533. The van der Waals surface area contributed by atoms with Crippen molar-refractivity contribution < 1.29 is 4.79 Å². The molecule has 0 aliphatic carbocycles. The molecule has 0 aromatic carbocycles. The van der Waals surface area contributed by atoms with E-state index in [2.05, 4.69) is 4.99 Å². The highest BCUT2D eigenvalue weighted by atomic mass is 16.1. The molecule has 12 heavy (non-hydrogen) atoms. The van der Waals surface area contributed by atoms with Gasteiger partial charge in [-0.1, -0.05) is 17.7 Å². The van der Waals surface area contributed by atoms with E-state index in [0.29, 0.717) is 0 Å². The van der Waals surface area contributed by atoms with Crippen LogP contribution < -0.4 is 0 Å². The Balaban J connectivity index is 3.74. The number of hydrogen-bond acceptors (Lipinski definition) is 2. The molecule has 0 heterocycles. The summed E-state index contributed by atoms with van der Waals surface area (Å²) in [5, 5.41) is 0. The molecule has 0 fully saturated rings. The molecule has 0 aromatic rings. The van der Waals surface area contributed by atoms with E-state index in [4.69, 9.17) is 0 Å². The third-order valence-corrected chi connectivity index (χ3v) is 1.32. The SMILES string of the molecule is C/C=C(C)\C=C/C=NCC(C)=O. The summed E-state index contributed by atoms with van der Waals surface area (Å²) in [5.74, 6) is 0.0856. The lowest BCUT2D eigenvalue weighted by Crippen LogP contribution is -1.93. The van der Waals surface area contributed by atoms with Crippen molar-refractivity contribution in [3.63, 3.8) is 0 Å². The summed E-state index contributed by atoms with van der Waals surface area (Å²) in [6, 6.07) is 0. The molecule has 2 heteroatoms. The van der Waals surface area contributed by atoms with Crippen LogP contribution in [0.5, 0.6) is 0 Å². The second kappa shape index (κ2) is 6.53. The van der Waals surface area contributed by atoms with Crippen molar-refractivity contribution in [1.82, 2.24) is 0 Å². The highest BCUT2D eigenvalue weighted by Crippen LogP contribution is 1.91. The van der Waals surface area contributed by atoms with Crippen LogP contribution in [0.2, 0.25) is 0 Å². The minimum atomic E-state index is 0.0856. The Morgan fingerprint density at radius 1 is 1.42 bits per heavy atom. The van der Waals surface area contributed by atoms with Gasteiger partial charge in [0.15, 0.2) is 5.78 Å². The predicted octanol–water partition coefficient (Wildman–Crippen LogP) is 2.17. The van der Waals surface area contributed by atoms with Crippen LogP contribution in [-0.2, 0) is 4.79 Å². The van der Waals surface area contributed by atoms with Gasteiger partial charge in [-0.25, -0.2) is 0 Å². The zero-order valence-electron chi connectivity index (χ0n) is 7.87. The first-order valence-electron chi connectivity index (χ1n) is 3.95. The Morgan fingerprint density at radius 3 is 2.58 bits per heavy atom. The fraction of sp³-hybridized carbons (Fsp3) is 0.400. The minimum Gasteiger partial charge on any atom is -0.298 e. The average Bonchev–Trinajstić information content (AvgIpc) is 2.03. The molecule has 0 aromatic heterocycles. The fourth-order valence-corrected chi connectivity index (χ4v) is 0.533. The van der Waals surface area contributed by atoms with Gasteiger partial charge in [-0.3, -0.25) is 9.79 Å². The number of rotatable bonds is 4. The minimum absolute atomic E-state index is 0.0856. The van der Waals surface area contributed by atoms with Gasteiger partial charge in [-0.2, -0.15) is 0 Å². The standard InChI is InChI=1S/C10H15NO/c1-4-9(2)6-5-7-11-8-10(3)12/h4-7H,8H2,1-3H3/b6-5-,9-4-,11-7?. The Hall–Kier alpha value is -1.18. The monoisotopic (exact) mass is 165 g/mol. The van der Waals surface area contributed by atoms with Gasteiger partial charge in [0.2, 0.25) is 0 Å². The lowest BCUT2D eigenvalue weighted by molar-refractivity contribution is -0.115. The van der Waals surface area contributed by atoms with Gasteiger partial charge >= 0.3 is 0 Å². The molecule has 0 amide bonds. The molecule has 66 valence electrons. The Labute approximate surface area is 73.7 Å². The molecular weight excluding hydrogens is 150 g/mol. The second-order valence-electron chi connectivity index (χ2n) is 2.58. The van der Waals surface area contributed by atoms with Crippen molar-refractivity contribution in [2.24, 2.45) is 4.99 Å². The van der Waals surface area contributed by atoms with Crippen molar-refractivity contribution in [3.8, 4) is 0 Å². The Morgan fingerprint density at radius 2 is 2.08 bits per heavy atom. The highest BCUT2D eigenvalue weighted by molar-refractivity contribution is 5.81. The maximum atomic E-state index is 10.4. The third-order valence-electron chi connectivity index (χ3n) is 1.32. The highest BCUT2D eigenvalue weighted by Gasteiger charge is 1.83. The summed E-state index contributed by atoms with van der Waals surface area (Å²) < 4.78 is 0. The van der Waals surface area contributed by atoms with Crippen LogP contribution >= 0.6 is 0 Å². The maximum Gasteiger partial charge on any atom is 0.151 e. The number of ketones is 1. The van der Waals surface area contributed by atoms with E-state index in [1.54, 1.807) is 6.21 Å². The number of carbonyl (C=O) groups is 1. The van der Waals surface area contributed by atoms with Gasteiger partial charge in [0.05, 0.1) is 6.54 Å². The van der Waals surface area contributed by atoms with Crippen LogP contribution in [0.15, 0.2) is 28.8 Å². The van der Waals surface area contributed by atoms with Gasteiger partial charge in [-0.05, 0) is 26.8 Å².